The normalized spacial score (nSPS) is 12.9. The van der Waals surface area contributed by atoms with Gasteiger partial charge in [0.05, 0.1) is 6.54 Å². The second kappa shape index (κ2) is 11.5. The van der Waals surface area contributed by atoms with E-state index in [0.29, 0.717) is 4.47 Å². The molecule has 0 radical (unpaired) electrons. The number of rotatable bonds is 10. The molecule has 37 heavy (non-hydrogen) atoms. The summed E-state index contributed by atoms with van der Waals surface area (Å²) >= 11 is 3.17. The maximum Gasteiger partial charge on any atom is 0.461 e. The topological polar surface area (TPSA) is 41.9 Å². The summed E-state index contributed by atoms with van der Waals surface area (Å²) in [6, 6.07) is 13.9. The van der Waals surface area contributed by atoms with Crippen molar-refractivity contribution in [3.8, 4) is 17.2 Å². The second-order valence-corrected chi connectivity index (χ2v) is 8.64. The Bertz CT molecular complexity index is 1210. The Balaban J connectivity index is 1.90. The van der Waals surface area contributed by atoms with Gasteiger partial charge in [0.15, 0.2) is 17.7 Å². The van der Waals surface area contributed by atoms with E-state index in [1.54, 1.807) is 0 Å². The molecule has 3 aromatic carbocycles. The molecule has 1 N–H and O–H groups in total. The first kappa shape index (κ1) is 28.5. The van der Waals surface area contributed by atoms with Crippen LogP contribution in [0.15, 0.2) is 71.2 Å². The van der Waals surface area contributed by atoms with Gasteiger partial charge < -0.3 is 19.5 Å². The number of halogens is 9. The summed E-state index contributed by atoms with van der Waals surface area (Å²) in [5.74, 6) is -1.45. The van der Waals surface area contributed by atoms with Crippen LogP contribution in [0.5, 0.6) is 17.2 Å². The standard InChI is InChI=1S/C24H18BrF8NO3/c25-15-7-8-19(26)20(10-15)36-17-5-2-4-16(11-17)34(13-21(35)23(29,30)31)12-14-3-1-6-18(9-14)37-24(32,33)22(27)28/h1-11,21-22,35H,12-13H2. The van der Waals surface area contributed by atoms with Crippen LogP contribution in [0.1, 0.15) is 5.56 Å². The summed E-state index contributed by atoms with van der Waals surface area (Å²) in [7, 11) is 0. The largest absolute Gasteiger partial charge is 0.461 e. The van der Waals surface area contributed by atoms with Crippen molar-refractivity contribution in [2.75, 3.05) is 11.4 Å². The summed E-state index contributed by atoms with van der Waals surface area (Å²) in [4.78, 5) is 1.06. The zero-order valence-corrected chi connectivity index (χ0v) is 20.1. The molecule has 13 heteroatoms. The lowest BCUT2D eigenvalue weighted by Crippen LogP contribution is -2.40. The summed E-state index contributed by atoms with van der Waals surface area (Å²) < 4.78 is 115. The van der Waals surface area contributed by atoms with E-state index in [1.807, 2.05) is 0 Å². The molecule has 3 aromatic rings. The molecule has 0 bridgehead atoms. The van der Waals surface area contributed by atoms with Crippen LogP contribution >= 0.6 is 15.9 Å². The first-order valence-corrected chi connectivity index (χ1v) is 11.2. The number of aliphatic hydroxyl groups is 1. The van der Waals surface area contributed by atoms with Gasteiger partial charge in [0, 0.05) is 22.8 Å². The zero-order chi connectivity index (χ0) is 27.4. The zero-order valence-electron chi connectivity index (χ0n) is 18.5. The van der Waals surface area contributed by atoms with Gasteiger partial charge in [-0.05, 0) is 48.0 Å². The molecule has 0 aliphatic rings. The molecule has 0 fully saturated rings. The second-order valence-electron chi connectivity index (χ2n) is 7.72. The van der Waals surface area contributed by atoms with E-state index >= 15 is 0 Å². The van der Waals surface area contributed by atoms with Gasteiger partial charge in [-0.15, -0.1) is 0 Å². The summed E-state index contributed by atoms with van der Waals surface area (Å²) in [6.07, 6.45) is -16.6. The van der Waals surface area contributed by atoms with E-state index in [1.165, 1.54) is 48.5 Å². The molecule has 0 heterocycles. The van der Waals surface area contributed by atoms with Gasteiger partial charge in [-0.2, -0.15) is 30.7 Å². The molecule has 0 spiro atoms. The molecule has 4 nitrogen and oxygen atoms in total. The van der Waals surface area contributed by atoms with Crippen LogP contribution in [0.2, 0.25) is 0 Å². The fourth-order valence-electron chi connectivity index (χ4n) is 3.13. The number of hydrogen-bond donors (Lipinski definition) is 1. The smallest absolute Gasteiger partial charge is 0.454 e. The Morgan fingerprint density at radius 2 is 1.57 bits per heavy atom. The number of ether oxygens (including phenoxy) is 2. The van der Waals surface area contributed by atoms with E-state index in [-0.39, 0.29) is 29.3 Å². The minimum absolute atomic E-state index is 0.0506. The van der Waals surface area contributed by atoms with Crippen LogP contribution in [0.25, 0.3) is 0 Å². The van der Waals surface area contributed by atoms with Crippen LogP contribution in [-0.4, -0.2) is 36.5 Å². The maximum absolute atomic E-state index is 14.1. The van der Waals surface area contributed by atoms with Crippen LogP contribution in [0.3, 0.4) is 0 Å². The van der Waals surface area contributed by atoms with Gasteiger partial charge >= 0.3 is 18.7 Å². The highest BCUT2D eigenvalue weighted by molar-refractivity contribution is 9.10. The number of alkyl halides is 7. The highest BCUT2D eigenvalue weighted by Gasteiger charge is 2.44. The molecule has 0 aliphatic heterocycles. The number of benzene rings is 3. The van der Waals surface area contributed by atoms with E-state index in [9.17, 15) is 40.2 Å². The first-order chi connectivity index (χ1) is 17.2. The van der Waals surface area contributed by atoms with E-state index in [2.05, 4.69) is 20.7 Å². The maximum atomic E-state index is 14.1. The van der Waals surface area contributed by atoms with E-state index < -0.39 is 42.9 Å². The van der Waals surface area contributed by atoms with Crippen molar-refractivity contribution in [2.24, 2.45) is 0 Å². The van der Waals surface area contributed by atoms with Crippen molar-refractivity contribution in [1.82, 2.24) is 0 Å². The van der Waals surface area contributed by atoms with Crippen molar-refractivity contribution in [3.63, 3.8) is 0 Å². The Hall–Kier alpha value is -3.06. The van der Waals surface area contributed by atoms with E-state index in [0.717, 1.165) is 23.1 Å². The van der Waals surface area contributed by atoms with Crippen molar-refractivity contribution in [3.05, 3.63) is 82.6 Å². The van der Waals surface area contributed by atoms with Crippen molar-refractivity contribution >= 4 is 21.6 Å². The number of nitrogens with zero attached hydrogens (tertiary/aromatic N) is 1. The molecule has 200 valence electrons. The van der Waals surface area contributed by atoms with Crippen molar-refractivity contribution in [2.45, 2.75) is 31.4 Å². The Labute approximate surface area is 214 Å². The molecular formula is C24H18BrF8NO3. The predicted molar refractivity (Wildman–Crippen MR) is 122 cm³/mol. The monoisotopic (exact) mass is 599 g/mol. The number of hydrogen-bond acceptors (Lipinski definition) is 4. The third-order valence-electron chi connectivity index (χ3n) is 4.85. The SMILES string of the molecule is OC(CN(Cc1cccc(OC(F)(F)C(F)F)c1)c1cccc(Oc2cc(Br)ccc2F)c1)C(F)(F)F. The average Bonchev–Trinajstić information content (AvgIpc) is 2.80. The molecule has 0 aromatic heterocycles. The van der Waals surface area contributed by atoms with Gasteiger partial charge in [-0.25, -0.2) is 4.39 Å². The van der Waals surface area contributed by atoms with Gasteiger partial charge in [0.2, 0.25) is 0 Å². The van der Waals surface area contributed by atoms with Crippen LogP contribution < -0.4 is 14.4 Å². The number of aliphatic hydroxyl groups excluding tert-OH is 1. The van der Waals surface area contributed by atoms with Gasteiger partial charge in [0.25, 0.3) is 0 Å². The van der Waals surface area contributed by atoms with Crippen LogP contribution in [0.4, 0.5) is 40.8 Å². The molecule has 1 unspecified atom stereocenters. The molecule has 1 atom stereocenters. The van der Waals surface area contributed by atoms with Gasteiger partial charge in [-0.3, -0.25) is 0 Å². The summed E-state index contributed by atoms with van der Waals surface area (Å²) in [5, 5.41) is 9.68. The lowest BCUT2D eigenvalue weighted by atomic mass is 10.1. The first-order valence-electron chi connectivity index (χ1n) is 10.4. The third-order valence-corrected chi connectivity index (χ3v) is 5.35. The van der Waals surface area contributed by atoms with Crippen LogP contribution in [-0.2, 0) is 6.54 Å². The highest BCUT2D eigenvalue weighted by Crippen LogP contribution is 2.32. The Kier molecular flexibility index (Phi) is 8.90. The van der Waals surface area contributed by atoms with Gasteiger partial charge in [0.1, 0.15) is 11.5 Å². The predicted octanol–water partition coefficient (Wildman–Crippen LogP) is 7.55. The van der Waals surface area contributed by atoms with Crippen LogP contribution in [0, 0.1) is 5.82 Å². The quantitative estimate of drug-likeness (QED) is 0.244. The minimum atomic E-state index is -4.98. The minimum Gasteiger partial charge on any atom is -0.454 e. The molecule has 3 rings (SSSR count). The fraction of sp³-hybridized carbons (Fsp3) is 0.250. The lowest BCUT2D eigenvalue weighted by molar-refractivity contribution is -0.253. The summed E-state index contributed by atoms with van der Waals surface area (Å²) in [5.41, 5.74) is 0.210. The molecule has 0 aliphatic carbocycles. The average molecular weight is 600 g/mol. The number of anilines is 1. The molecule has 0 saturated heterocycles. The van der Waals surface area contributed by atoms with Gasteiger partial charge in [-0.1, -0.05) is 34.1 Å². The van der Waals surface area contributed by atoms with E-state index in [4.69, 9.17) is 4.74 Å². The third kappa shape index (κ3) is 7.96. The van der Waals surface area contributed by atoms with Crippen molar-refractivity contribution in [1.29, 1.82) is 0 Å². The Morgan fingerprint density at radius 3 is 2.24 bits per heavy atom. The lowest BCUT2D eigenvalue weighted by Gasteiger charge is -2.29. The fourth-order valence-corrected chi connectivity index (χ4v) is 3.47. The molecule has 0 amide bonds. The highest BCUT2D eigenvalue weighted by atomic mass is 79.9. The Morgan fingerprint density at radius 1 is 0.892 bits per heavy atom. The molecular weight excluding hydrogens is 582 g/mol. The molecule has 0 saturated carbocycles. The van der Waals surface area contributed by atoms with Crippen molar-refractivity contribution < 1.29 is 49.7 Å². The summed E-state index contributed by atoms with van der Waals surface area (Å²) in [6.45, 7) is -1.35.